The highest BCUT2D eigenvalue weighted by molar-refractivity contribution is 5.48. The Hall–Kier alpha value is -1.06. The fourth-order valence-electron chi connectivity index (χ4n) is 2.60. The summed E-state index contributed by atoms with van der Waals surface area (Å²) in [4.78, 5) is 4.92. The van der Waals surface area contributed by atoms with Gasteiger partial charge in [-0.2, -0.15) is 0 Å². The summed E-state index contributed by atoms with van der Waals surface area (Å²) < 4.78 is 0. The molecule has 0 amide bonds. The van der Waals surface area contributed by atoms with Crippen LogP contribution in [0.5, 0.6) is 0 Å². The third-order valence-electron chi connectivity index (χ3n) is 4.14. The Morgan fingerprint density at radius 2 is 1.61 bits per heavy atom. The first-order valence-corrected chi connectivity index (χ1v) is 6.81. The maximum atomic E-state index is 5.88. The molecular weight excluding hydrogens is 222 g/mol. The quantitative estimate of drug-likeness (QED) is 0.870. The standard InChI is InChI=1S/C15H25N3/c1-11-9-18(10-12(2)17(11)4)15-7-5-14(6-8-15)13(3)16/h5-8,11-13H,9-10,16H2,1-4H3. The van der Waals surface area contributed by atoms with Crippen LogP contribution in [0.2, 0.25) is 0 Å². The van der Waals surface area contributed by atoms with Crippen LogP contribution in [0, 0.1) is 0 Å². The van der Waals surface area contributed by atoms with Crippen LogP contribution in [0.15, 0.2) is 24.3 Å². The van der Waals surface area contributed by atoms with Crippen LogP contribution >= 0.6 is 0 Å². The zero-order chi connectivity index (χ0) is 13.3. The van der Waals surface area contributed by atoms with Crippen LogP contribution < -0.4 is 10.6 Å². The number of nitrogens with two attached hydrogens (primary N) is 1. The van der Waals surface area contributed by atoms with E-state index in [1.807, 2.05) is 6.92 Å². The van der Waals surface area contributed by atoms with Gasteiger partial charge in [0.25, 0.3) is 0 Å². The molecule has 1 aromatic carbocycles. The summed E-state index contributed by atoms with van der Waals surface area (Å²) in [5, 5.41) is 0. The molecule has 0 spiro atoms. The van der Waals surface area contributed by atoms with Crippen molar-refractivity contribution in [3.8, 4) is 0 Å². The van der Waals surface area contributed by atoms with Gasteiger partial charge in [0.15, 0.2) is 0 Å². The number of piperazine rings is 1. The average molecular weight is 247 g/mol. The third-order valence-corrected chi connectivity index (χ3v) is 4.14. The van der Waals surface area contributed by atoms with Crippen LogP contribution in [0.1, 0.15) is 32.4 Å². The predicted octanol–water partition coefficient (Wildman–Crippen LogP) is 2.24. The van der Waals surface area contributed by atoms with E-state index in [9.17, 15) is 0 Å². The second-order valence-electron chi connectivity index (χ2n) is 5.65. The molecule has 1 aliphatic heterocycles. The summed E-state index contributed by atoms with van der Waals surface area (Å²) in [5.41, 5.74) is 8.40. The van der Waals surface area contributed by atoms with E-state index in [0.29, 0.717) is 12.1 Å². The average Bonchev–Trinajstić information content (AvgIpc) is 2.35. The fourth-order valence-corrected chi connectivity index (χ4v) is 2.60. The highest BCUT2D eigenvalue weighted by Gasteiger charge is 2.26. The maximum Gasteiger partial charge on any atom is 0.0367 e. The molecule has 1 saturated heterocycles. The van der Waals surface area contributed by atoms with Crippen LogP contribution in [0.3, 0.4) is 0 Å². The number of rotatable bonds is 2. The van der Waals surface area contributed by atoms with Crippen molar-refractivity contribution in [3.63, 3.8) is 0 Å². The molecule has 1 aromatic rings. The van der Waals surface area contributed by atoms with Crippen molar-refractivity contribution < 1.29 is 0 Å². The van der Waals surface area contributed by atoms with Crippen molar-refractivity contribution in [2.45, 2.75) is 38.9 Å². The van der Waals surface area contributed by atoms with Gasteiger partial charge in [0.2, 0.25) is 0 Å². The second-order valence-corrected chi connectivity index (χ2v) is 5.65. The minimum absolute atomic E-state index is 0.115. The number of benzene rings is 1. The molecule has 100 valence electrons. The minimum Gasteiger partial charge on any atom is -0.368 e. The highest BCUT2D eigenvalue weighted by Crippen LogP contribution is 2.23. The largest absolute Gasteiger partial charge is 0.368 e. The molecule has 0 aromatic heterocycles. The zero-order valence-corrected chi connectivity index (χ0v) is 11.9. The van der Waals surface area contributed by atoms with Crippen molar-refractivity contribution in [2.24, 2.45) is 5.73 Å². The van der Waals surface area contributed by atoms with Gasteiger partial charge in [-0.3, -0.25) is 4.90 Å². The molecule has 1 heterocycles. The topological polar surface area (TPSA) is 32.5 Å². The van der Waals surface area contributed by atoms with Gasteiger partial charge in [0, 0.05) is 36.9 Å². The monoisotopic (exact) mass is 247 g/mol. The second kappa shape index (κ2) is 5.29. The first-order valence-electron chi connectivity index (χ1n) is 6.81. The molecule has 2 N–H and O–H groups in total. The Bertz CT molecular complexity index is 373. The van der Waals surface area contributed by atoms with E-state index < -0.39 is 0 Å². The maximum absolute atomic E-state index is 5.88. The van der Waals surface area contributed by atoms with E-state index in [-0.39, 0.29) is 6.04 Å². The first-order chi connectivity index (χ1) is 8.49. The number of hydrogen-bond acceptors (Lipinski definition) is 3. The molecule has 3 atom stereocenters. The van der Waals surface area contributed by atoms with E-state index in [4.69, 9.17) is 5.73 Å². The van der Waals surface area contributed by atoms with Gasteiger partial charge in [0.1, 0.15) is 0 Å². The van der Waals surface area contributed by atoms with E-state index in [2.05, 4.69) is 55.0 Å². The molecule has 0 radical (unpaired) electrons. The van der Waals surface area contributed by atoms with Gasteiger partial charge in [-0.25, -0.2) is 0 Å². The van der Waals surface area contributed by atoms with Crippen LogP contribution in [0.25, 0.3) is 0 Å². The normalized spacial score (nSPS) is 27.3. The van der Waals surface area contributed by atoms with Gasteiger partial charge in [-0.1, -0.05) is 12.1 Å². The Morgan fingerprint density at radius 3 is 2.06 bits per heavy atom. The Morgan fingerprint density at radius 1 is 1.11 bits per heavy atom. The molecule has 1 fully saturated rings. The van der Waals surface area contributed by atoms with Crippen molar-refractivity contribution >= 4 is 5.69 Å². The highest BCUT2D eigenvalue weighted by atomic mass is 15.3. The molecule has 3 heteroatoms. The molecule has 0 saturated carbocycles. The molecule has 18 heavy (non-hydrogen) atoms. The summed E-state index contributed by atoms with van der Waals surface area (Å²) in [7, 11) is 2.21. The summed E-state index contributed by atoms with van der Waals surface area (Å²) in [5.74, 6) is 0. The SMILES string of the molecule is CC(N)c1ccc(N2CC(C)N(C)C(C)C2)cc1. The molecule has 2 rings (SSSR count). The van der Waals surface area contributed by atoms with Crippen molar-refractivity contribution in [3.05, 3.63) is 29.8 Å². The van der Waals surface area contributed by atoms with Crippen molar-refractivity contribution in [1.29, 1.82) is 0 Å². The van der Waals surface area contributed by atoms with E-state index in [1.165, 1.54) is 11.3 Å². The zero-order valence-electron chi connectivity index (χ0n) is 11.9. The lowest BCUT2D eigenvalue weighted by Gasteiger charge is -2.43. The Balaban J connectivity index is 2.12. The molecule has 3 unspecified atom stereocenters. The molecular formula is C15H25N3. The van der Waals surface area contributed by atoms with Crippen LogP contribution in [-0.4, -0.2) is 37.1 Å². The number of hydrogen-bond donors (Lipinski definition) is 1. The summed E-state index contributed by atoms with van der Waals surface area (Å²) in [6.07, 6.45) is 0. The van der Waals surface area contributed by atoms with Crippen LogP contribution in [-0.2, 0) is 0 Å². The Labute approximate surface area is 111 Å². The number of nitrogens with zero attached hydrogens (tertiary/aromatic N) is 2. The van der Waals surface area contributed by atoms with E-state index >= 15 is 0 Å². The number of anilines is 1. The minimum atomic E-state index is 0.115. The fraction of sp³-hybridized carbons (Fsp3) is 0.600. The van der Waals surface area contributed by atoms with Gasteiger partial charge in [-0.15, -0.1) is 0 Å². The van der Waals surface area contributed by atoms with Gasteiger partial charge < -0.3 is 10.6 Å². The summed E-state index contributed by atoms with van der Waals surface area (Å²) in [6, 6.07) is 10.0. The molecule has 0 bridgehead atoms. The van der Waals surface area contributed by atoms with Gasteiger partial charge in [-0.05, 0) is 45.5 Å². The smallest absolute Gasteiger partial charge is 0.0367 e. The molecule has 3 nitrogen and oxygen atoms in total. The molecule has 1 aliphatic rings. The lowest BCUT2D eigenvalue weighted by atomic mass is 10.1. The third kappa shape index (κ3) is 2.68. The lowest BCUT2D eigenvalue weighted by molar-refractivity contribution is 0.170. The van der Waals surface area contributed by atoms with E-state index in [0.717, 1.165) is 13.1 Å². The predicted molar refractivity (Wildman–Crippen MR) is 77.9 cm³/mol. The van der Waals surface area contributed by atoms with Crippen LogP contribution in [0.4, 0.5) is 5.69 Å². The number of likely N-dealkylation sites (N-methyl/N-ethyl adjacent to an activating group) is 1. The van der Waals surface area contributed by atoms with Gasteiger partial charge >= 0.3 is 0 Å². The summed E-state index contributed by atoms with van der Waals surface area (Å²) >= 11 is 0. The van der Waals surface area contributed by atoms with Crippen molar-refractivity contribution in [1.82, 2.24) is 4.90 Å². The van der Waals surface area contributed by atoms with Crippen molar-refractivity contribution in [2.75, 3.05) is 25.0 Å². The van der Waals surface area contributed by atoms with Gasteiger partial charge in [0.05, 0.1) is 0 Å². The lowest BCUT2D eigenvalue weighted by Crippen LogP contribution is -2.55. The summed E-state index contributed by atoms with van der Waals surface area (Å²) in [6.45, 7) is 8.80. The Kier molecular flexibility index (Phi) is 3.93. The first kappa shape index (κ1) is 13.4. The van der Waals surface area contributed by atoms with E-state index in [1.54, 1.807) is 0 Å². The molecule has 0 aliphatic carbocycles.